The molecule has 18 heteroatoms. The number of phenols is 1. The summed E-state index contributed by atoms with van der Waals surface area (Å²) < 4.78 is 0. The average molecular weight is 985 g/mol. The summed E-state index contributed by atoms with van der Waals surface area (Å²) in [4.78, 5) is 63.1. The van der Waals surface area contributed by atoms with Gasteiger partial charge in [-0.2, -0.15) is 0 Å². The van der Waals surface area contributed by atoms with Crippen molar-refractivity contribution in [3.8, 4) is 29.4 Å². The summed E-state index contributed by atoms with van der Waals surface area (Å²) in [5, 5.41) is 47.3. The zero-order valence-electron chi connectivity index (χ0n) is 40.4. The maximum atomic E-state index is 14.4. The second-order valence-corrected chi connectivity index (χ2v) is 21.5. The largest absolute Gasteiger partial charge is 0.507 e. The van der Waals surface area contributed by atoms with Crippen LogP contribution in [-0.2, 0) is 22.6 Å². The lowest BCUT2D eigenvalue weighted by molar-refractivity contribution is -0.142. The van der Waals surface area contributed by atoms with Gasteiger partial charge in [0.05, 0.1) is 17.8 Å². The first-order valence-electron chi connectivity index (χ1n) is 24.8. The number of rotatable bonds is 12. The highest BCUT2D eigenvalue weighted by molar-refractivity contribution is 6.31. The van der Waals surface area contributed by atoms with E-state index < -0.39 is 35.4 Å². The average Bonchev–Trinajstić information content (AvgIpc) is 3.92. The van der Waals surface area contributed by atoms with E-state index in [1.807, 2.05) is 44.4 Å². The second kappa shape index (κ2) is 19.4. The molecule has 0 unspecified atom stereocenters. The number of β-amino-alcohol motifs (C(OH)–C–C–N with tert-alkyl or cyclic N) is 1. The molecule has 7 heterocycles. The van der Waals surface area contributed by atoms with E-state index in [2.05, 4.69) is 48.5 Å². The predicted molar refractivity (Wildman–Crippen MR) is 268 cm³/mol. The fourth-order valence-corrected chi connectivity index (χ4v) is 12.1. The van der Waals surface area contributed by atoms with Crippen molar-refractivity contribution in [2.75, 3.05) is 50.8 Å². The van der Waals surface area contributed by atoms with E-state index in [9.17, 15) is 29.7 Å². The third kappa shape index (κ3) is 9.38. The third-order valence-electron chi connectivity index (χ3n) is 16.0. The minimum Gasteiger partial charge on any atom is -0.507 e. The Balaban J connectivity index is 0.706. The number of fused-ring (bicyclic) bond motifs is 3. The molecule has 372 valence electrons. The number of aromatic amines is 1. The van der Waals surface area contributed by atoms with Crippen LogP contribution in [0.5, 0.6) is 5.75 Å². The van der Waals surface area contributed by atoms with Gasteiger partial charge in [-0.15, -0.1) is 16.6 Å². The summed E-state index contributed by atoms with van der Waals surface area (Å²) in [7, 11) is 0. The number of nitrogens with one attached hydrogen (secondary N) is 3. The lowest BCUT2D eigenvalue weighted by Crippen LogP contribution is -2.70. The molecule has 4 atom stereocenters. The molecule has 0 radical (unpaired) electrons. The normalized spacial score (nSPS) is 21.9. The van der Waals surface area contributed by atoms with Gasteiger partial charge >= 0.3 is 6.03 Å². The Labute approximate surface area is 418 Å². The van der Waals surface area contributed by atoms with Gasteiger partial charge in [0.2, 0.25) is 17.8 Å². The number of aliphatic hydroxyl groups is 2. The summed E-state index contributed by atoms with van der Waals surface area (Å²) in [6.07, 6.45) is 13.7. The van der Waals surface area contributed by atoms with Gasteiger partial charge < -0.3 is 50.5 Å². The van der Waals surface area contributed by atoms with E-state index in [4.69, 9.17) is 28.0 Å². The van der Waals surface area contributed by atoms with Crippen LogP contribution in [0.4, 0.5) is 10.7 Å². The van der Waals surface area contributed by atoms with Crippen molar-refractivity contribution in [2.45, 2.75) is 108 Å². The molecule has 6 N–H and O–H groups in total. The molecule has 5 aliphatic rings. The number of para-hydroxylation sites is 1. The Morgan fingerprint density at radius 1 is 1.04 bits per heavy atom. The smallest absolute Gasteiger partial charge is 0.318 e. The van der Waals surface area contributed by atoms with Crippen LogP contribution >= 0.6 is 11.6 Å². The van der Waals surface area contributed by atoms with E-state index in [0.29, 0.717) is 58.4 Å². The predicted octanol–water partition coefficient (Wildman–Crippen LogP) is 5.29. The van der Waals surface area contributed by atoms with Gasteiger partial charge in [-0.25, -0.2) is 14.8 Å². The first kappa shape index (κ1) is 48.3. The number of amides is 4. The maximum absolute atomic E-state index is 14.4. The molecule has 4 aliphatic heterocycles. The number of piperidine rings is 1. The Morgan fingerprint density at radius 3 is 2.49 bits per heavy atom. The number of benzene rings is 2. The molecule has 1 spiro atoms. The van der Waals surface area contributed by atoms with Crippen molar-refractivity contribution in [3.05, 3.63) is 93.9 Å². The topological polar surface area (TPSA) is 216 Å². The molecule has 4 amide bonds. The Bertz CT molecular complexity index is 2860. The van der Waals surface area contributed by atoms with E-state index in [0.717, 1.165) is 79.6 Å². The van der Waals surface area contributed by atoms with Gasteiger partial charge in [-0.05, 0) is 105 Å². The number of phenolic OH excluding ortho intramolecular Hbond substituents is 1. The highest BCUT2D eigenvalue weighted by Gasteiger charge is 2.56. The van der Waals surface area contributed by atoms with Crippen molar-refractivity contribution >= 4 is 46.4 Å². The molecule has 71 heavy (non-hydrogen) atoms. The molecular weight excluding hydrogens is 922 g/mol. The number of aromatic nitrogens is 5. The first-order valence-corrected chi connectivity index (χ1v) is 25.2. The molecule has 4 fully saturated rings. The van der Waals surface area contributed by atoms with E-state index in [-0.39, 0.29) is 55.8 Å². The van der Waals surface area contributed by atoms with Crippen molar-refractivity contribution in [1.82, 2.24) is 50.5 Å². The third-order valence-corrected chi connectivity index (χ3v) is 16.4. The molecule has 10 rings (SSSR count). The van der Waals surface area contributed by atoms with Crippen LogP contribution in [0.25, 0.3) is 22.3 Å². The number of carbonyl (C=O) groups excluding carboxylic acids is 3. The molecular formula is C53H62ClN11O6. The standard InChI is InChI=1S/C53H62ClN11O6/c1-5-32-10-11-34(40(54)20-32)25-55-48(69)43-21-37(67)28-65(43)49(70)46(52(3,4)15-19-66)59-51(71)63-29-53(30-63)23-36(24-53)62-16-12-33(13-17-62)35-26-56-50(57-27-35)64-18-14-41-45(31(64)2)39-22-42(60-61-47(39)58-41)38-8-6-7-9-44(38)68/h1,6-11,20,22,26-27,31,33,36-37,43,46,66-68H,12-19,21,23-25,28-30H2,2-4H3,(H,55,69)(H,58,61)(H,59,71)/t31-,37-,43+,46-/m1/s1. The number of H-pyrrole nitrogens is 1. The van der Waals surface area contributed by atoms with Gasteiger partial charge in [0.25, 0.3) is 0 Å². The number of nitrogens with zero attached hydrogens (tertiary/aromatic N) is 8. The number of likely N-dealkylation sites (tertiary alicyclic amines) is 3. The number of hydrogen-bond donors (Lipinski definition) is 6. The van der Waals surface area contributed by atoms with E-state index >= 15 is 0 Å². The molecule has 0 bridgehead atoms. The highest BCUT2D eigenvalue weighted by Crippen LogP contribution is 2.51. The molecule has 1 aliphatic carbocycles. The summed E-state index contributed by atoms with van der Waals surface area (Å²) in [5.74, 6) is 2.85. The number of urea groups is 1. The van der Waals surface area contributed by atoms with Crippen LogP contribution < -0.4 is 15.5 Å². The molecule has 2 aromatic carbocycles. The summed E-state index contributed by atoms with van der Waals surface area (Å²) in [5.41, 5.74) is 5.89. The van der Waals surface area contributed by atoms with Crippen LogP contribution in [0.2, 0.25) is 5.02 Å². The number of anilines is 1. The fourth-order valence-electron chi connectivity index (χ4n) is 11.9. The Hall–Kier alpha value is -6.32. The second-order valence-electron chi connectivity index (χ2n) is 21.1. The number of terminal acetylenes is 1. The molecule has 1 saturated carbocycles. The first-order chi connectivity index (χ1) is 34.1. The van der Waals surface area contributed by atoms with E-state index in [1.54, 1.807) is 35.2 Å². The summed E-state index contributed by atoms with van der Waals surface area (Å²) in [6.45, 7) is 9.58. The van der Waals surface area contributed by atoms with Crippen LogP contribution in [0, 0.1) is 23.2 Å². The zero-order chi connectivity index (χ0) is 49.8. The monoisotopic (exact) mass is 983 g/mol. The Morgan fingerprint density at radius 2 is 1.79 bits per heavy atom. The van der Waals surface area contributed by atoms with Gasteiger partial charge in [0.15, 0.2) is 5.65 Å². The van der Waals surface area contributed by atoms with Crippen LogP contribution in [0.3, 0.4) is 0 Å². The fraction of sp³-hybridized carbons (Fsp3) is 0.491. The van der Waals surface area contributed by atoms with Crippen molar-refractivity contribution < 1.29 is 29.7 Å². The molecule has 3 aromatic heterocycles. The minimum absolute atomic E-state index is 0.00125. The lowest BCUT2D eigenvalue weighted by Gasteiger charge is -2.61. The quantitative estimate of drug-likeness (QED) is 0.0881. The van der Waals surface area contributed by atoms with Crippen molar-refractivity contribution in [2.24, 2.45) is 10.8 Å². The van der Waals surface area contributed by atoms with Gasteiger partial charge in [0.1, 0.15) is 17.8 Å². The summed E-state index contributed by atoms with van der Waals surface area (Å²) in [6, 6.07) is 12.4. The molecule has 5 aromatic rings. The number of carbonyl (C=O) groups is 3. The minimum atomic E-state index is -1.05. The van der Waals surface area contributed by atoms with Crippen LogP contribution in [0.15, 0.2) is 60.9 Å². The zero-order valence-corrected chi connectivity index (χ0v) is 41.2. The highest BCUT2D eigenvalue weighted by atomic mass is 35.5. The molecule has 3 saturated heterocycles. The van der Waals surface area contributed by atoms with E-state index in [1.165, 1.54) is 4.90 Å². The SMILES string of the molecule is C#Cc1ccc(CNC(=O)[C@@H]2C[C@@H](O)CN2C(=O)[C@@H](NC(=O)N2CC3(CC(N4CCC(c5cnc(N6CCc7[nH]c8nnc(-c9ccccc9O)cc8c7[C@H]6C)nc5)CC4)C3)C2)C(C)(C)CCO)c(Cl)c1. The van der Waals surface area contributed by atoms with Crippen LogP contribution in [-0.4, -0.2) is 143 Å². The number of halogens is 1. The van der Waals surface area contributed by atoms with Gasteiger partial charge in [0, 0.05) is 109 Å². The number of aliphatic hydroxyl groups excluding tert-OH is 2. The van der Waals surface area contributed by atoms with Crippen molar-refractivity contribution in [3.63, 3.8) is 0 Å². The number of aromatic hydroxyl groups is 1. The van der Waals surface area contributed by atoms with Gasteiger partial charge in [-0.1, -0.05) is 49.6 Å². The maximum Gasteiger partial charge on any atom is 0.318 e. The molecule has 17 nitrogen and oxygen atoms in total. The lowest BCUT2D eigenvalue weighted by atomic mass is 9.60. The Kier molecular flexibility index (Phi) is 13.2. The number of hydrogen-bond acceptors (Lipinski definition) is 12. The summed E-state index contributed by atoms with van der Waals surface area (Å²) >= 11 is 6.39. The van der Waals surface area contributed by atoms with Gasteiger partial charge in [-0.3, -0.25) is 9.59 Å². The van der Waals surface area contributed by atoms with Crippen LogP contribution in [0.1, 0.15) is 99.2 Å². The van der Waals surface area contributed by atoms with Crippen molar-refractivity contribution in [1.29, 1.82) is 0 Å².